The average Bonchev–Trinajstić information content (AvgIpc) is 2.92. The molecule has 2 fully saturated rings. The standard InChI is InChI=1S/C27H35N5OS4/c1-28(2)25(33)24(32-19-30(21-37-27(32)35)16-14-23-11-7-4-8-12-23)17-31-18-29(20-36-26(31)34)15-13-22-9-5-3-6-10-22/h3-12,24H,13-21H2,1-2H3. The number of carbonyl (C=O) groups excluding carboxylic acids is 1. The zero-order valence-electron chi connectivity index (χ0n) is 21.5. The molecule has 0 N–H and O–H groups in total. The lowest BCUT2D eigenvalue weighted by molar-refractivity contribution is -0.134. The number of hydrogen-bond acceptors (Lipinski definition) is 7. The quantitative estimate of drug-likeness (QED) is 0.391. The molecule has 2 aliphatic rings. The van der Waals surface area contributed by atoms with Crippen LogP contribution in [0.2, 0.25) is 0 Å². The molecule has 1 atom stereocenters. The minimum atomic E-state index is -0.387. The summed E-state index contributed by atoms with van der Waals surface area (Å²) >= 11 is 14.8. The molecule has 2 saturated heterocycles. The highest BCUT2D eigenvalue weighted by atomic mass is 32.2. The molecule has 2 aliphatic heterocycles. The van der Waals surface area contributed by atoms with Crippen molar-refractivity contribution in [2.75, 3.05) is 58.8 Å². The van der Waals surface area contributed by atoms with Gasteiger partial charge in [-0.05, 0) is 24.0 Å². The van der Waals surface area contributed by atoms with Crippen molar-refractivity contribution in [2.24, 2.45) is 0 Å². The molecule has 4 rings (SSSR count). The summed E-state index contributed by atoms with van der Waals surface area (Å²) in [5.41, 5.74) is 2.65. The van der Waals surface area contributed by atoms with Gasteiger partial charge >= 0.3 is 0 Å². The van der Waals surface area contributed by atoms with Crippen molar-refractivity contribution >= 4 is 62.5 Å². The minimum Gasteiger partial charge on any atom is -0.347 e. The first kappa shape index (κ1) is 28.3. The number of thioether (sulfide) groups is 2. The number of carbonyl (C=O) groups is 1. The van der Waals surface area contributed by atoms with Crippen molar-refractivity contribution in [3.8, 4) is 0 Å². The van der Waals surface area contributed by atoms with Crippen LogP contribution >= 0.6 is 48.0 Å². The van der Waals surface area contributed by atoms with E-state index in [0.29, 0.717) is 13.2 Å². The highest BCUT2D eigenvalue weighted by Gasteiger charge is 2.36. The highest BCUT2D eigenvalue weighted by Crippen LogP contribution is 2.25. The Kier molecular flexibility index (Phi) is 10.6. The molecular formula is C27H35N5OS4. The van der Waals surface area contributed by atoms with Gasteiger partial charge in [-0.2, -0.15) is 0 Å². The number of thiocarbonyl (C=S) groups is 2. The van der Waals surface area contributed by atoms with E-state index in [2.05, 4.69) is 74.2 Å². The zero-order valence-corrected chi connectivity index (χ0v) is 24.8. The van der Waals surface area contributed by atoms with E-state index in [4.69, 9.17) is 24.4 Å². The van der Waals surface area contributed by atoms with E-state index in [-0.39, 0.29) is 11.9 Å². The van der Waals surface area contributed by atoms with Gasteiger partial charge < -0.3 is 14.7 Å². The van der Waals surface area contributed by atoms with Gasteiger partial charge in [-0.3, -0.25) is 14.6 Å². The first-order chi connectivity index (χ1) is 17.9. The number of rotatable bonds is 10. The predicted molar refractivity (Wildman–Crippen MR) is 165 cm³/mol. The Labute approximate surface area is 240 Å². The summed E-state index contributed by atoms with van der Waals surface area (Å²) < 4.78 is 1.64. The lowest BCUT2D eigenvalue weighted by Gasteiger charge is -2.44. The van der Waals surface area contributed by atoms with Crippen LogP contribution in [0.5, 0.6) is 0 Å². The SMILES string of the molecule is CN(C)C(=O)C(CN1CN(CCc2ccccc2)CSC1=S)N1CN(CCc2ccccc2)CSC1=S. The van der Waals surface area contributed by atoms with Crippen LogP contribution in [0.4, 0.5) is 0 Å². The second kappa shape index (κ2) is 13.9. The van der Waals surface area contributed by atoms with Crippen LogP contribution < -0.4 is 0 Å². The first-order valence-corrected chi connectivity index (χ1v) is 15.3. The summed E-state index contributed by atoms with van der Waals surface area (Å²) in [7, 11) is 3.64. The van der Waals surface area contributed by atoms with Gasteiger partial charge in [0.05, 0.1) is 25.1 Å². The second-order valence-corrected chi connectivity index (χ2v) is 12.7. The van der Waals surface area contributed by atoms with Crippen LogP contribution in [0.1, 0.15) is 11.1 Å². The van der Waals surface area contributed by atoms with Crippen molar-refractivity contribution in [3.05, 3.63) is 71.8 Å². The van der Waals surface area contributed by atoms with E-state index in [1.54, 1.807) is 28.4 Å². The summed E-state index contributed by atoms with van der Waals surface area (Å²) in [6, 6.07) is 20.7. The van der Waals surface area contributed by atoms with Gasteiger partial charge in [0.15, 0.2) is 0 Å². The summed E-state index contributed by atoms with van der Waals surface area (Å²) in [5.74, 6) is 1.78. The Balaban J connectivity index is 1.41. The van der Waals surface area contributed by atoms with E-state index >= 15 is 0 Å². The van der Waals surface area contributed by atoms with Crippen LogP contribution in [0.3, 0.4) is 0 Å². The third-order valence-electron chi connectivity index (χ3n) is 6.57. The normalized spacial score (nSPS) is 18.2. The van der Waals surface area contributed by atoms with E-state index in [9.17, 15) is 4.79 Å². The molecule has 0 spiro atoms. The van der Waals surface area contributed by atoms with Crippen LogP contribution in [-0.4, -0.2) is 104 Å². The lowest BCUT2D eigenvalue weighted by atomic mass is 10.1. The molecule has 1 amide bonds. The van der Waals surface area contributed by atoms with Crippen molar-refractivity contribution in [3.63, 3.8) is 0 Å². The summed E-state index contributed by atoms with van der Waals surface area (Å²) in [6.07, 6.45) is 1.96. The Hall–Kier alpha value is -1.69. The lowest BCUT2D eigenvalue weighted by Crippen LogP contribution is -2.60. The van der Waals surface area contributed by atoms with Crippen molar-refractivity contribution in [1.82, 2.24) is 24.5 Å². The highest BCUT2D eigenvalue weighted by molar-refractivity contribution is 8.23. The molecule has 198 valence electrons. The van der Waals surface area contributed by atoms with Crippen molar-refractivity contribution in [2.45, 2.75) is 18.9 Å². The summed E-state index contributed by atoms with van der Waals surface area (Å²) in [6.45, 7) is 3.77. The fourth-order valence-corrected chi connectivity index (χ4v) is 6.74. The zero-order chi connectivity index (χ0) is 26.2. The molecular weight excluding hydrogens is 539 g/mol. The predicted octanol–water partition coefficient (Wildman–Crippen LogP) is 4.03. The minimum absolute atomic E-state index is 0.0575. The monoisotopic (exact) mass is 573 g/mol. The molecule has 0 bridgehead atoms. The maximum absolute atomic E-state index is 13.5. The van der Waals surface area contributed by atoms with Gasteiger partial charge in [-0.15, -0.1) is 0 Å². The van der Waals surface area contributed by atoms with Crippen LogP contribution in [0.15, 0.2) is 60.7 Å². The Morgan fingerprint density at radius 3 is 1.89 bits per heavy atom. The van der Waals surface area contributed by atoms with Crippen molar-refractivity contribution < 1.29 is 4.79 Å². The van der Waals surface area contributed by atoms with Gasteiger partial charge in [-0.25, -0.2) is 0 Å². The molecule has 10 heteroatoms. The molecule has 2 heterocycles. The third-order valence-corrected chi connectivity index (χ3v) is 9.75. The van der Waals surface area contributed by atoms with E-state index in [1.807, 2.05) is 20.2 Å². The summed E-state index contributed by atoms with van der Waals surface area (Å²) in [4.78, 5) is 24.2. The van der Waals surface area contributed by atoms with Crippen LogP contribution in [-0.2, 0) is 17.6 Å². The van der Waals surface area contributed by atoms with Gasteiger partial charge in [0.25, 0.3) is 0 Å². The Morgan fingerprint density at radius 1 is 0.838 bits per heavy atom. The smallest absolute Gasteiger partial charge is 0.246 e. The van der Waals surface area contributed by atoms with E-state index in [0.717, 1.165) is 53.0 Å². The number of amides is 1. The number of benzene rings is 2. The fourth-order valence-electron chi connectivity index (χ4n) is 4.43. The van der Waals surface area contributed by atoms with Gasteiger partial charge in [0, 0.05) is 33.7 Å². The van der Waals surface area contributed by atoms with Crippen LogP contribution in [0, 0.1) is 0 Å². The van der Waals surface area contributed by atoms with Gasteiger partial charge in [-0.1, -0.05) is 109 Å². The Bertz CT molecular complexity index is 1060. The van der Waals surface area contributed by atoms with Crippen molar-refractivity contribution in [1.29, 1.82) is 0 Å². The van der Waals surface area contributed by atoms with Crippen LogP contribution in [0.25, 0.3) is 0 Å². The third kappa shape index (κ3) is 8.15. The molecule has 0 aliphatic carbocycles. The van der Waals surface area contributed by atoms with E-state index in [1.165, 1.54) is 11.1 Å². The number of hydrogen-bond donors (Lipinski definition) is 0. The maximum atomic E-state index is 13.5. The molecule has 37 heavy (non-hydrogen) atoms. The Morgan fingerprint density at radius 2 is 1.35 bits per heavy atom. The second-order valence-electron chi connectivity index (χ2n) is 9.56. The average molecular weight is 574 g/mol. The van der Waals surface area contributed by atoms with Gasteiger partial charge in [0.1, 0.15) is 14.7 Å². The maximum Gasteiger partial charge on any atom is 0.246 e. The molecule has 6 nitrogen and oxygen atoms in total. The fraction of sp³-hybridized carbons (Fsp3) is 0.444. The summed E-state index contributed by atoms with van der Waals surface area (Å²) in [5, 5.41) is 0. The molecule has 2 aromatic rings. The number of nitrogens with zero attached hydrogens (tertiary/aromatic N) is 5. The topological polar surface area (TPSA) is 33.3 Å². The van der Waals surface area contributed by atoms with Gasteiger partial charge in [0.2, 0.25) is 5.91 Å². The molecule has 0 radical (unpaired) electrons. The first-order valence-electron chi connectivity index (χ1n) is 12.5. The molecule has 1 unspecified atom stereocenters. The number of likely N-dealkylation sites (N-methyl/N-ethyl adjacent to an activating group) is 1. The molecule has 0 aromatic heterocycles. The molecule has 0 saturated carbocycles. The van der Waals surface area contributed by atoms with E-state index < -0.39 is 0 Å². The molecule has 2 aromatic carbocycles. The largest absolute Gasteiger partial charge is 0.347 e.